The van der Waals surface area contributed by atoms with E-state index in [0.29, 0.717) is 23.2 Å². The van der Waals surface area contributed by atoms with Crippen molar-refractivity contribution >= 4 is 29.1 Å². The number of ether oxygens (including phenoxy) is 1. The van der Waals surface area contributed by atoms with Crippen LogP contribution in [0.15, 0.2) is 50.2 Å². The van der Waals surface area contributed by atoms with Crippen LogP contribution in [-0.2, 0) is 4.79 Å². The Hall–Kier alpha value is -3.13. The zero-order valence-corrected chi connectivity index (χ0v) is 18.2. The average molecular weight is 437 g/mol. The van der Waals surface area contributed by atoms with E-state index in [1.54, 1.807) is 17.6 Å². The van der Waals surface area contributed by atoms with Crippen LogP contribution >= 0.6 is 11.3 Å². The summed E-state index contributed by atoms with van der Waals surface area (Å²) in [5, 5.41) is 9.65. The number of furan rings is 1. The van der Waals surface area contributed by atoms with Gasteiger partial charge in [-0.2, -0.15) is 5.10 Å². The molecule has 0 saturated heterocycles. The Morgan fingerprint density at radius 3 is 2.87 bits per heavy atom. The lowest BCUT2D eigenvalue weighted by Gasteiger charge is -2.18. The number of aromatic nitrogens is 1. The molecule has 1 amide bonds. The number of thiazole rings is 1. The smallest absolute Gasteiger partial charge is 0.262 e. The SMILES string of the molecule is Cc1ccc(C=Nn2c(-c3ccc4c(c3)NC(=O)CO4)csc2=NC2CCCCC2)o1. The summed E-state index contributed by atoms with van der Waals surface area (Å²) in [5.41, 5.74) is 2.50. The van der Waals surface area contributed by atoms with E-state index in [1.807, 2.05) is 41.9 Å². The van der Waals surface area contributed by atoms with Crippen LogP contribution in [0.3, 0.4) is 0 Å². The van der Waals surface area contributed by atoms with E-state index in [-0.39, 0.29) is 12.5 Å². The monoisotopic (exact) mass is 436 g/mol. The Morgan fingerprint density at radius 2 is 2.06 bits per heavy atom. The summed E-state index contributed by atoms with van der Waals surface area (Å²) in [4.78, 5) is 17.6. The molecule has 1 aliphatic heterocycles. The van der Waals surface area contributed by atoms with E-state index in [9.17, 15) is 4.79 Å². The summed E-state index contributed by atoms with van der Waals surface area (Å²) in [7, 11) is 0. The molecule has 0 bridgehead atoms. The first-order chi connectivity index (χ1) is 15.2. The number of hydrogen-bond acceptors (Lipinski definition) is 6. The summed E-state index contributed by atoms with van der Waals surface area (Å²) >= 11 is 1.58. The number of amides is 1. The van der Waals surface area contributed by atoms with Crippen molar-refractivity contribution in [3.05, 3.63) is 52.0 Å². The third kappa shape index (κ3) is 4.34. The first-order valence-electron chi connectivity index (χ1n) is 10.6. The number of anilines is 1. The predicted molar refractivity (Wildman–Crippen MR) is 121 cm³/mol. The summed E-state index contributed by atoms with van der Waals surface area (Å²) < 4.78 is 13.0. The molecule has 1 aliphatic carbocycles. The minimum Gasteiger partial charge on any atom is -0.482 e. The number of hydrogen-bond donors (Lipinski definition) is 1. The van der Waals surface area contributed by atoms with E-state index in [4.69, 9.17) is 19.2 Å². The second-order valence-electron chi connectivity index (χ2n) is 7.88. The topological polar surface area (TPSA) is 81.1 Å². The lowest BCUT2D eigenvalue weighted by molar-refractivity contribution is -0.118. The fourth-order valence-corrected chi connectivity index (χ4v) is 4.85. The molecule has 2 aliphatic rings. The number of carbonyl (C=O) groups excluding carboxylic acids is 1. The van der Waals surface area contributed by atoms with Gasteiger partial charge in [0.15, 0.2) is 6.61 Å². The highest BCUT2D eigenvalue weighted by Gasteiger charge is 2.18. The van der Waals surface area contributed by atoms with Crippen LogP contribution in [0, 0.1) is 6.92 Å². The number of carbonyl (C=O) groups is 1. The second-order valence-corrected chi connectivity index (χ2v) is 8.71. The highest BCUT2D eigenvalue weighted by Crippen LogP contribution is 2.33. The van der Waals surface area contributed by atoms with Crippen LogP contribution in [-0.4, -0.2) is 29.4 Å². The molecule has 1 N–H and O–H groups in total. The van der Waals surface area contributed by atoms with Crippen molar-refractivity contribution in [1.82, 2.24) is 4.68 Å². The number of nitrogens with one attached hydrogen (secondary N) is 1. The third-order valence-corrected chi connectivity index (χ3v) is 6.35. The third-order valence-electron chi connectivity index (χ3n) is 5.52. The van der Waals surface area contributed by atoms with Gasteiger partial charge in [0.25, 0.3) is 5.91 Å². The summed E-state index contributed by atoms with van der Waals surface area (Å²) in [6, 6.07) is 9.93. The van der Waals surface area contributed by atoms with E-state index in [2.05, 4.69) is 10.7 Å². The number of aryl methyl sites for hydroxylation is 1. The lowest BCUT2D eigenvalue weighted by Crippen LogP contribution is -2.25. The first-order valence-corrected chi connectivity index (χ1v) is 11.5. The van der Waals surface area contributed by atoms with Crippen molar-refractivity contribution in [2.24, 2.45) is 10.1 Å². The zero-order chi connectivity index (χ0) is 21.2. The Balaban J connectivity index is 1.56. The molecule has 1 saturated carbocycles. The molecule has 8 heteroatoms. The molecule has 0 unspecified atom stereocenters. The Labute approximate surface area is 184 Å². The molecule has 3 heterocycles. The standard InChI is InChI=1S/C23H24N4O3S/c1-15-7-9-18(30-15)12-24-27-20(14-31-23(27)25-17-5-3-2-4-6-17)16-8-10-21-19(11-16)26-22(28)13-29-21/h7-12,14,17H,2-6,13H2,1H3,(H,26,28). The van der Waals surface area contributed by atoms with E-state index in [1.165, 1.54) is 19.3 Å². The minimum atomic E-state index is -0.151. The van der Waals surface area contributed by atoms with Crippen molar-refractivity contribution in [3.63, 3.8) is 0 Å². The molecule has 160 valence electrons. The molecule has 3 aromatic rings. The molecule has 5 rings (SSSR count). The molecule has 1 aromatic carbocycles. The van der Waals surface area contributed by atoms with Gasteiger partial charge in [-0.1, -0.05) is 19.3 Å². The fourth-order valence-electron chi connectivity index (χ4n) is 3.94. The van der Waals surface area contributed by atoms with Gasteiger partial charge in [0.05, 0.1) is 23.6 Å². The largest absolute Gasteiger partial charge is 0.482 e. The summed E-state index contributed by atoms with van der Waals surface area (Å²) in [5.74, 6) is 2.06. The highest BCUT2D eigenvalue weighted by molar-refractivity contribution is 7.07. The molecule has 31 heavy (non-hydrogen) atoms. The van der Waals surface area contributed by atoms with Crippen molar-refractivity contribution in [2.45, 2.75) is 45.1 Å². The van der Waals surface area contributed by atoms with E-state index in [0.717, 1.165) is 34.7 Å². The predicted octanol–water partition coefficient (Wildman–Crippen LogP) is 4.56. The van der Waals surface area contributed by atoms with Gasteiger partial charge >= 0.3 is 0 Å². The van der Waals surface area contributed by atoms with E-state index >= 15 is 0 Å². The van der Waals surface area contributed by atoms with Gasteiger partial charge in [0, 0.05) is 10.9 Å². The first kappa shape index (κ1) is 19.8. The fraction of sp³-hybridized carbons (Fsp3) is 0.348. The summed E-state index contributed by atoms with van der Waals surface area (Å²) in [6.45, 7) is 1.95. The molecule has 2 aromatic heterocycles. The highest BCUT2D eigenvalue weighted by atomic mass is 32.1. The molecule has 0 radical (unpaired) electrons. The molecule has 1 fully saturated rings. The Kier molecular flexibility index (Phi) is 5.46. The van der Waals surface area contributed by atoms with Crippen LogP contribution in [0.4, 0.5) is 5.69 Å². The van der Waals surface area contributed by atoms with Crippen molar-refractivity contribution in [1.29, 1.82) is 0 Å². The molecular formula is C23H24N4O3S. The number of rotatable bonds is 4. The second kappa shape index (κ2) is 8.55. The van der Waals surface area contributed by atoms with Gasteiger partial charge in [-0.15, -0.1) is 11.3 Å². The van der Waals surface area contributed by atoms with Gasteiger partial charge < -0.3 is 14.5 Å². The zero-order valence-electron chi connectivity index (χ0n) is 17.3. The normalized spacial score (nSPS) is 17.6. The Morgan fingerprint density at radius 1 is 1.19 bits per heavy atom. The Bertz CT molecular complexity index is 1200. The van der Waals surface area contributed by atoms with Gasteiger partial charge in [-0.25, -0.2) is 4.68 Å². The average Bonchev–Trinajstić information content (AvgIpc) is 3.38. The maximum absolute atomic E-state index is 11.7. The van der Waals surface area contributed by atoms with Gasteiger partial charge in [-0.05, 0) is 50.1 Å². The number of nitrogens with zero attached hydrogens (tertiary/aromatic N) is 3. The van der Waals surface area contributed by atoms with Gasteiger partial charge in [0.2, 0.25) is 4.80 Å². The van der Waals surface area contributed by atoms with Crippen LogP contribution in [0.25, 0.3) is 11.3 Å². The van der Waals surface area contributed by atoms with Crippen LogP contribution < -0.4 is 14.9 Å². The molecular weight excluding hydrogens is 412 g/mol. The maximum Gasteiger partial charge on any atom is 0.262 e. The van der Waals surface area contributed by atoms with Crippen LogP contribution in [0.1, 0.15) is 43.6 Å². The maximum atomic E-state index is 11.7. The van der Waals surface area contributed by atoms with Crippen molar-refractivity contribution in [2.75, 3.05) is 11.9 Å². The van der Waals surface area contributed by atoms with Crippen LogP contribution in [0.2, 0.25) is 0 Å². The van der Waals surface area contributed by atoms with Crippen molar-refractivity contribution in [3.8, 4) is 17.0 Å². The van der Waals surface area contributed by atoms with E-state index < -0.39 is 0 Å². The molecule has 0 atom stereocenters. The summed E-state index contributed by atoms with van der Waals surface area (Å²) in [6.07, 6.45) is 7.71. The lowest BCUT2D eigenvalue weighted by atomic mass is 9.96. The minimum absolute atomic E-state index is 0.0437. The molecule has 7 nitrogen and oxygen atoms in total. The van der Waals surface area contributed by atoms with Gasteiger partial charge in [-0.3, -0.25) is 9.79 Å². The van der Waals surface area contributed by atoms with Crippen LogP contribution in [0.5, 0.6) is 5.75 Å². The molecule has 0 spiro atoms. The quantitative estimate of drug-likeness (QED) is 0.609. The van der Waals surface area contributed by atoms with Gasteiger partial charge in [0.1, 0.15) is 17.3 Å². The van der Waals surface area contributed by atoms with Crippen molar-refractivity contribution < 1.29 is 13.9 Å². The number of fused-ring (bicyclic) bond motifs is 1. The number of benzene rings is 1.